The molecule has 1 N–H and O–H groups in total. The quantitative estimate of drug-likeness (QED) is 0.567. The van der Waals surface area contributed by atoms with Crippen molar-refractivity contribution in [2.24, 2.45) is 0 Å². The van der Waals surface area contributed by atoms with Gasteiger partial charge in [0.15, 0.2) is 0 Å². The fraction of sp³-hybridized carbons (Fsp3) is 0.556. The van der Waals surface area contributed by atoms with Crippen LogP contribution in [0.25, 0.3) is 0 Å². The molecule has 54 valence electrons. The highest BCUT2D eigenvalue weighted by Crippen LogP contribution is 1.94. The van der Waals surface area contributed by atoms with Gasteiger partial charge >= 0.3 is 0 Å². The lowest BCUT2D eigenvalue weighted by Gasteiger charge is -2.10. The summed E-state index contributed by atoms with van der Waals surface area (Å²) < 4.78 is 0. The van der Waals surface area contributed by atoms with E-state index in [9.17, 15) is 0 Å². The van der Waals surface area contributed by atoms with E-state index in [1.54, 1.807) is 0 Å². The molecule has 0 saturated heterocycles. The number of hydrogen-bond acceptors (Lipinski definition) is 1. The average molecular weight is 135 g/mol. The molecule has 0 saturated carbocycles. The molecule has 0 heterocycles. The molecule has 1 atom stereocenters. The molecule has 0 spiro atoms. The van der Waals surface area contributed by atoms with Crippen LogP contribution in [0.4, 0.5) is 0 Å². The SMILES string of the molecule is C#CCNC(CC)CC#C. The lowest BCUT2D eigenvalue weighted by molar-refractivity contribution is 0.540. The first-order valence-electron chi connectivity index (χ1n) is 3.45. The van der Waals surface area contributed by atoms with Crippen LogP contribution >= 0.6 is 0 Å². The van der Waals surface area contributed by atoms with Crippen molar-refractivity contribution in [3.63, 3.8) is 0 Å². The number of rotatable bonds is 4. The molecule has 1 heteroatoms. The highest BCUT2D eigenvalue weighted by atomic mass is 14.9. The fourth-order valence-corrected chi connectivity index (χ4v) is 0.706. The second kappa shape index (κ2) is 6.20. The van der Waals surface area contributed by atoms with Crippen molar-refractivity contribution in [1.29, 1.82) is 0 Å². The minimum absolute atomic E-state index is 0.390. The molecule has 0 aromatic heterocycles. The molecule has 0 bridgehead atoms. The second-order valence-electron chi connectivity index (χ2n) is 2.10. The van der Waals surface area contributed by atoms with E-state index in [1.165, 1.54) is 0 Å². The van der Waals surface area contributed by atoms with Gasteiger partial charge in [-0.05, 0) is 6.42 Å². The van der Waals surface area contributed by atoms with Crippen molar-refractivity contribution in [2.75, 3.05) is 6.54 Å². The molecule has 0 radical (unpaired) electrons. The molecule has 0 aliphatic heterocycles. The lowest BCUT2D eigenvalue weighted by Crippen LogP contribution is -2.28. The summed E-state index contributed by atoms with van der Waals surface area (Å²) in [6.45, 7) is 2.70. The van der Waals surface area contributed by atoms with Gasteiger partial charge in [0.05, 0.1) is 6.54 Å². The normalized spacial score (nSPS) is 11.5. The van der Waals surface area contributed by atoms with Crippen LogP contribution in [0.15, 0.2) is 0 Å². The Morgan fingerprint density at radius 1 is 1.40 bits per heavy atom. The van der Waals surface area contributed by atoms with Gasteiger partial charge in [0, 0.05) is 12.5 Å². The molecule has 0 amide bonds. The summed E-state index contributed by atoms with van der Waals surface area (Å²) in [6.07, 6.45) is 12.0. The van der Waals surface area contributed by atoms with Gasteiger partial charge in [0.1, 0.15) is 0 Å². The van der Waals surface area contributed by atoms with Crippen molar-refractivity contribution >= 4 is 0 Å². The topological polar surface area (TPSA) is 12.0 Å². The van der Waals surface area contributed by atoms with Crippen LogP contribution in [0.3, 0.4) is 0 Å². The van der Waals surface area contributed by atoms with Gasteiger partial charge in [0.2, 0.25) is 0 Å². The van der Waals surface area contributed by atoms with E-state index in [2.05, 4.69) is 24.1 Å². The van der Waals surface area contributed by atoms with Crippen molar-refractivity contribution in [3.8, 4) is 24.7 Å². The van der Waals surface area contributed by atoms with Crippen LogP contribution in [-0.4, -0.2) is 12.6 Å². The molecular formula is C9H13N. The Labute approximate surface area is 63.2 Å². The zero-order valence-electron chi connectivity index (χ0n) is 6.35. The van der Waals surface area contributed by atoms with Gasteiger partial charge in [0.25, 0.3) is 0 Å². The Morgan fingerprint density at radius 3 is 2.50 bits per heavy atom. The largest absolute Gasteiger partial charge is 0.302 e. The Kier molecular flexibility index (Phi) is 5.63. The molecular weight excluding hydrogens is 122 g/mol. The molecule has 0 fully saturated rings. The van der Waals surface area contributed by atoms with E-state index >= 15 is 0 Å². The van der Waals surface area contributed by atoms with Crippen LogP contribution in [0.5, 0.6) is 0 Å². The standard InChI is InChI=1S/C9H13N/c1-4-7-9(6-3)10-8-5-2/h1-2,9-10H,6-8H2,3H3. The maximum atomic E-state index is 5.14. The minimum Gasteiger partial charge on any atom is -0.302 e. The van der Waals surface area contributed by atoms with Crippen molar-refractivity contribution < 1.29 is 0 Å². The van der Waals surface area contributed by atoms with Crippen LogP contribution in [-0.2, 0) is 0 Å². The fourth-order valence-electron chi connectivity index (χ4n) is 0.706. The molecule has 0 aliphatic rings. The zero-order chi connectivity index (χ0) is 7.82. The van der Waals surface area contributed by atoms with E-state index in [1.807, 2.05) is 0 Å². The van der Waals surface area contributed by atoms with E-state index < -0.39 is 0 Å². The Bertz CT molecular complexity index is 147. The summed E-state index contributed by atoms with van der Waals surface area (Å²) >= 11 is 0. The molecule has 0 rings (SSSR count). The highest BCUT2D eigenvalue weighted by Gasteiger charge is 1.99. The number of nitrogens with one attached hydrogen (secondary N) is 1. The van der Waals surface area contributed by atoms with Gasteiger partial charge < -0.3 is 5.32 Å². The summed E-state index contributed by atoms with van der Waals surface area (Å²) in [5.74, 6) is 5.11. The Hall–Kier alpha value is -0.920. The zero-order valence-corrected chi connectivity index (χ0v) is 6.35. The molecule has 0 aliphatic carbocycles. The van der Waals surface area contributed by atoms with E-state index in [0.717, 1.165) is 12.8 Å². The predicted molar refractivity (Wildman–Crippen MR) is 44.4 cm³/mol. The summed E-state index contributed by atoms with van der Waals surface area (Å²) in [6, 6.07) is 0.390. The third-order valence-electron chi connectivity index (χ3n) is 1.35. The third kappa shape index (κ3) is 4.01. The summed E-state index contributed by atoms with van der Waals surface area (Å²) in [4.78, 5) is 0. The predicted octanol–water partition coefficient (Wildman–Crippen LogP) is 1.01. The minimum atomic E-state index is 0.390. The van der Waals surface area contributed by atoms with E-state index in [-0.39, 0.29) is 0 Å². The van der Waals surface area contributed by atoms with Crippen molar-refractivity contribution in [1.82, 2.24) is 5.32 Å². The second-order valence-corrected chi connectivity index (χ2v) is 2.10. The molecule has 1 unspecified atom stereocenters. The highest BCUT2D eigenvalue weighted by molar-refractivity contribution is 4.93. The first kappa shape index (κ1) is 9.08. The first-order valence-corrected chi connectivity index (χ1v) is 3.45. The van der Waals surface area contributed by atoms with E-state index in [0.29, 0.717) is 12.6 Å². The van der Waals surface area contributed by atoms with Gasteiger partial charge in [-0.25, -0.2) is 0 Å². The maximum Gasteiger partial charge on any atom is 0.0576 e. The average Bonchev–Trinajstić information content (AvgIpc) is 1.98. The Balaban J connectivity index is 3.44. The van der Waals surface area contributed by atoms with Crippen molar-refractivity contribution in [2.45, 2.75) is 25.8 Å². The van der Waals surface area contributed by atoms with Crippen molar-refractivity contribution in [3.05, 3.63) is 0 Å². The van der Waals surface area contributed by atoms with Gasteiger partial charge in [-0.15, -0.1) is 18.8 Å². The lowest BCUT2D eigenvalue weighted by atomic mass is 10.1. The van der Waals surface area contributed by atoms with Crippen LogP contribution in [0, 0.1) is 24.7 Å². The Morgan fingerprint density at radius 2 is 2.10 bits per heavy atom. The third-order valence-corrected chi connectivity index (χ3v) is 1.35. The summed E-state index contributed by atoms with van der Waals surface area (Å²) in [7, 11) is 0. The summed E-state index contributed by atoms with van der Waals surface area (Å²) in [5.41, 5.74) is 0. The molecule has 0 aromatic rings. The molecule has 10 heavy (non-hydrogen) atoms. The van der Waals surface area contributed by atoms with Gasteiger partial charge in [-0.3, -0.25) is 0 Å². The van der Waals surface area contributed by atoms with Crippen LogP contribution in [0.2, 0.25) is 0 Å². The van der Waals surface area contributed by atoms with Crippen LogP contribution < -0.4 is 5.32 Å². The molecule has 0 aromatic carbocycles. The van der Waals surface area contributed by atoms with E-state index in [4.69, 9.17) is 12.8 Å². The monoisotopic (exact) mass is 135 g/mol. The molecule has 1 nitrogen and oxygen atoms in total. The maximum absolute atomic E-state index is 5.14. The summed E-state index contributed by atoms with van der Waals surface area (Å²) in [5, 5.41) is 3.14. The van der Waals surface area contributed by atoms with Gasteiger partial charge in [-0.1, -0.05) is 12.8 Å². The van der Waals surface area contributed by atoms with Crippen LogP contribution in [0.1, 0.15) is 19.8 Å². The first-order chi connectivity index (χ1) is 4.85. The van der Waals surface area contributed by atoms with Gasteiger partial charge in [-0.2, -0.15) is 0 Å². The number of terminal acetylenes is 2. The smallest absolute Gasteiger partial charge is 0.0576 e. The number of hydrogen-bond donors (Lipinski definition) is 1.